The number of methoxy groups -OCH3 is 1. The summed E-state index contributed by atoms with van der Waals surface area (Å²) < 4.78 is 14.3. The van der Waals surface area contributed by atoms with Crippen molar-refractivity contribution in [2.75, 3.05) is 41.4 Å². The molecule has 5 amide bonds. The lowest BCUT2D eigenvalue weighted by Gasteiger charge is -2.46. The second-order valence-corrected chi connectivity index (χ2v) is 21.5. The molecule has 1 saturated heterocycles. The molecular weight excluding hydrogens is 899 g/mol. The maximum Gasteiger partial charge on any atom is 0.323 e. The van der Waals surface area contributed by atoms with E-state index in [1.165, 1.54) is 27.3 Å². The fourth-order valence-electron chi connectivity index (χ4n) is 9.85. The highest BCUT2D eigenvalue weighted by atomic mass is 32.1. The zero-order chi connectivity index (χ0) is 49.4. The third kappa shape index (κ3) is 10.0. The second kappa shape index (κ2) is 20.3. The van der Waals surface area contributed by atoms with Crippen LogP contribution in [0.25, 0.3) is 33.4 Å². The Bertz CT molecular complexity index is 2570. The van der Waals surface area contributed by atoms with Crippen LogP contribution < -0.4 is 10.7 Å². The molecule has 1 aromatic carbocycles. The number of carbonyl (C=O) groups excluding carboxylic acids is 5. The molecule has 0 spiro atoms. The Labute approximate surface area is 407 Å². The van der Waals surface area contributed by atoms with Gasteiger partial charge >= 0.3 is 12.0 Å². The largest absolute Gasteiger partial charge is 0.464 e. The molecule has 1 saturated carbocycles. The Hall–Kier alpha value is -5.43. The quantitative estimate of drug-likeness (QED) is 0.105. The molecule has 2 N–H and O–H groups in total. The van der Waals surface area contributed by atoms with Crippen molar-refractivity contribution in [2.24, 2.45) is 11.3 Å². The normalized spacial score (nSPS) is 22.6. The van der Waals surface area contributed by atoms with E-state index in [2.05, 4.69) is 77.2 Å². The van der Waals surface area contributed by atoms with Crippen LogP contribution in [0, 0.1) is 11.3 Å². The lowest BCUT2D eigenvalue weighted by Crippen LogP contribution is -2.68. The summed E-state index contributed by atoms with van der Waals surface area (Å²) in [4.78, 5) is 84.3. The first-order valence-electron chi connectivity index (χ1n) is 23.5. The summed E-state index contributed by atoms with van der Waals surface area (Å²) in [5.74, 6) is -2.03. The van der Waals surface area contributed by atoms with Gasteiger partial charge in [0.15, 0.2) is 0 Å². The summed E-state index contributed by atoms with van der Waals surface area (Å²) in [5.41, 5.74) is 9.13. The second-order valence-electron chi connectivity index (χ2n) is 19.7. The smallest absolute Gasteiger partial charge is 0.323 e. The number of pyridine rings is 1. The maximum atomic E-state index is 14.8. The number of hydrazine groups is 1. The van der Waals surface area contributed by atoms with Crippen molar-refractivity contribution in [3.63, 3.8) is 0 Å². The average molecular weight is 965 g/mol. The highest BCUT2D eigenvalue weighted by molar-refractivity contribution is 7.10. The number of hydrogen-bond donors (Lipinski definition) is 2. The summed E-state index contributed by atoms with van der Waals surface area (Å²) in [6.45, 7) is 16.6. The first-order valence-corrected chi connectivity index (χ1v) is 24.9. The van der Waals surface area contributed by atoms with Gasteiger partial charge in [-0.05, 0) is 87.8 Å². The predicted octanol–water partition coefficient (Wildman–Crippen LogP) is 5.88. The highest BCUT2D eigenvalue weighted by Crippen LogP contribution is 2.42. The number of esters is 1. The highest BCUT2D eigenvalue weighted by Gasteiger charge is 2.45. The molecule has 2 fully saturated rings. The van der Waals surface area contributed by atoms with Gasteiger partial charge in [0.25, 0.3) is 5.91 Å². The van der Waals surface area contributed by atoms with Crippen LogP contribution in [0.2, 0.25) is 0 Å². The lowest BCUT2D eigenvalue weighted by atomic mass is 9.84. The zero-order valence-corrected chi connectivity index (χ0v) is 42.9. The molecule has 16 nitrogen and oxygen atoms in total. The number of likely N-dealkylation sites (N-methyl/N-ethyl adjacent to an activating group) is 2. The summed E-state index contributed by atoms with van der Waals surface area (Å²) >= 11 is 1.40. The van der Waals surface area contributed by atoms with Crippen LogP contribution in [0.1, 0.15) is 89.6 Å². The molecule has 1 aliphatic carbocycles. The van der Waals surface area contributed by atoms with Crippen molar-refractivity contribution < 1.29 is 33.4 Å². The topological polar surface area (TPSA) is 172 Å². The number of urea groups is 1. The molecule has 0 unspecified atom stereocenters. The van der Waals surface area contributed by atoms with E-state index in [4.69, 9.17) is 19.4 Å². The minimum absolute atomic E-state index is 0.0205. The van der Waals surface area contributed by atoms with Gasteiger partial charge in [-0.2, -0.15) is 0 Å². The number of thiazole rings is 1. The van der Waals surface area contributed by atoms with Crippen molar-refractivity contribution in [2.45, 2.75) is 122 Å². The molecule has 3 aromatic heterocycles. The van der Waals surface area contributed by atoms with Crippen LogP contribution in [0.5, 0.6) is 0 Å². The van der Waals surface area contributed by atoms with E-state index in [1.807, 2.05) is 32.2 Å². The van der Waals surface area contributed by atoms with Crippen LogP contribution >= 0.6 is 11.3 Å². The molecule has 68 heavy (non-hydrogen) atoms. The minimum Gasteiger partial charge on any atom is -0.464 e. The van der Waals surface area contributed by atoms with E-state index in [1.54, 1.807) is 44.2 Å². The molecule has 2 aliphatic heterocycles. The van der Waals surface area contributed by atoms with Crippen LogP contribution in [-0.4, -0.2) is 145 Å². The zero-order valence-electron chi connectivity index (χ0n) is 41.1. The first-order chi connectivity index (χ1) is 32.2. The fraction of sp³-hybridized carbons (Fsp3) is 0.540. The summed E-state index contributed by atoms with van der Waals surface area (Å²) in [6.07, 6.45) is 5.41. The SMILES string of the molecule is C=CC(=O)N(C)C1CC(N(C)C(=O)N(C)[C@H](C(=O)N[C@H]2Cc3nc(cs3)-c3ccc4c(c3)c(c(-c3cccnc3[C@H](C)OC)n4CC)CC(C)(C)COC(=O)[C@@]3([Si])CCCN(N3)C2=O)C(C)C)C1. The van der Waals surface area contributed by atoms with E-state index in [-0.39, 0.29) is 55.6 Å². The molecule has 18 heteroatoms. The number of aryl methyl sites for hydroxylation is 1. The average Bonchev–Trinajstić information content (AvgIpc) is 3.89. The number of nitrogens with zero attached hydrogens (tertiary/aromatic N) is 7. The van der Waals surface area contributed by atoms with Crippen LogP contribution in [0.15, 0.2) is 54.6 Å². The minimum atomic E-state index is -1.43. The third-order valence-corrected chi connectivity index (χ3v) is 15.3. The van der Waals surface area contributed by atoms with Crippen molar-refractivity contribution in [1.82, 2.24) is 45.0 Å². The number of fused-ring (bicyclic) bond motifs is 6. The van der Waals surface area contributed by atoms with Crippen LogP contribution in [0.4, 0.5) is 4.79 Å². The van der Waals surface area contributed by atoms with E-state index >= 15 is 0 Å². The number of hydrogen-bond acceptors (Lipinski definition) is 11. The van der Waals surface area contributed by atoms with Gasteiger partial charge in [0.05, 0.1) is 45.0 Å². The van der Waals surface area contributed by atoms with E-state index in [0.717, 1.165) is 44.7 Å². The van der Waals surface area contributed by atoms with Crippen molar-refractivity contribution in [3.8, 4) is 22.5 Å². The standard InChI is InChI=1S/C50H66N9O7SSi/c1-12-41(60)55(8)32-23-33(24-32)56(9)48(64)57(10)43(29(3)4)45(61)53-37-25-40-52-38(27-67-40)31-17-18-39-35(22-31)36(44(58(39)13-2)34-16-14-20-51-42(34)30(5)65-11)26-49(6,7)28-66-47(63)50(68)19-15-21-59(54-50)46(37)62/h12,14,16-18,20,22,27,29-30,32-33,37,43,54H,1,13,15,19,21,23-26,28H2,2-11H3,(H,53,61)/t30-,32?,33?,37-,43-,50-/m0/s1. The molecule has 6 bridgehead atoms. The Morgan fingerprint density at radius 1 is 1.12 bits per heavy atom. The maximum absolute atomic E-state index is 14.8. The number of cyclic esters (lactones) is 1. The van der Waals surface area contributed by atoms with Gasteiger partial charge in [-0.3, -0.25) is 29.2 Å². The molecule has 4 aromatic rings. The van der Waals surface area contributed by atoms with Gasteiger partial charge in [-0.1, -0.05) is 40.3 Å². The van der Waals surface area contributed by atoms with Crippen molar-refractivity contribution in [1.29, 1.82) is 0 Å². The molecular formula is C50H66N9O7SSi. The van der Waals surface area contributed by atoms with Gasteiger partial charge in [0.2, 0.25) is 11.8 Å². The van der Waals surface area contributed by atoms with E-state index in [9.17, 15) is 24.0 Å². The molecule has 3 aliphatic rings. The van der Waals surface area contributed by atoms with E-state index < -0.39 is 40.4 Å². The Morgan fingerprint density at radius 2 is 1.84 bits per heavy atom. The van der Waals surface area contributed by atoms with Crippen LogP contribution in [-0.2, 0) is 48.0 Å². The van der Waals surface area contributed by atoms with Gasteiger partial charge in [0, 0.05) is 98.9 Å². The van der Waals surface area contributed by atoms with Gasteiger partial charge in [-0.25, -0.2) is 15.2 Å². The number of amides is 5. The third-order valence-electron chi connectivity index (χ3n) is 13.9. The summed E-state index contributed by atoms with van der Waals surface area (Å²) in [6, 6.07) is 7.82. The van der Waals surface area contributed by atoms with Gasteiger partial charge in [-0.15, -0.1) is 11.3 Å². The van der Waals surface area contributed by atoms with Crippen LogP contribution in [0.3, 0.4) is 0 Å². The molecule has 5 heterocycles. The number of carbonyl (C=O) groups is 5. The van der Waals surface area contributed by atoms with Crippen molar-refractivity contribution in [3.05, 3.63) is 70.8 Å². The number of ether oxygens (including phenoxy) is 2. The summed E-state index contributed by atoms with van der Waals surface area (Å²) in [5, 5.41) is 6.61. The lowest BCUT2D eigenvalue weighted by molar-refractivity contribution is -0.158. The Morgan fingerprint density at radius 3 is 2.51 bits per heavy atom. The first kappa shape index (κ1) is 50.4. The monoisotopic (exact) mass is 964 g/mol. The molecule has 3 radical (unpaired) electrons. The molecule has 7 rings (SSSR count). The van der Waals surface area contributed by atoms with E-state index in [0.29, 0.717) is 43.7 Å². The number of benzene rings is 1. The predicted molar refractivity (Wildman–Crippen MR) is 263 cm³/mol. The molecule has 363 valence electrons. The Kier molecular flexibility index (Phi) is 15.0. The summed E-state index contributed by atoms with van der Waals surface area (Å²) in [7, 11) is 10.4. The molecule has 4 atom stereocenters. The number of rotatable bonds is 11. The fourth-order valence-corrected chi connectivity index (χ4v) is 11.1. The number of aromatic nitrogens is 3. The number of nitrogens with one attached hydrogen (secondary N) is 2. The van der Waals surface area contributed by atoms with Crippen molar-refractivity contribution >= 4 is 62.2 Å². The Balaban J connectivity index is 1.25. The van der Waals surface area contributed by atoms with Gasteiger partial charge in [0.1, 0.15) is 17.2 Å². The van der Waals surface area contributed by atoms with Gasteiger partial charge < -0.3 is 34.1 Å².